The van der Waals surface area contributed by atoms with Crippen LogP contribution in [0.4, 0.5) is 17.6 Å². The fourth-order valence-corrected chi connectivity index (χ4v) is 2.59. The van der Waals surface area contributed by atoms with E-state index >= 15 is 0 Å². The van der Waals surface area contributed by atoms with E-state index in [-0.39, 0.29) is 22.8 Å². The highest BCUT2D eigenvalue weighted by Crippen LogP contribution is 2.29. The minimum atomic E-state index is -4.47. The molecule has 4 N–H and O–H groups in total. The number of rotatable bonds is 4. The summed E-state index contributed by atoms with van der Waals surface area (Å²) < 4.78 is 53.5. The van der Waals surface area contributed by atoms with E-state index in [4.69, 9.17) is 11.6 Å². The number of alkyl halides is 3. The van der Waals surface area contributed by atoms with Gasteiger partial charge in [-0.05, 0) is 24.3 Å². The Morgan fingerprint density at radius 3 is 2.39 bits per heavy atom. The molecule has 0 radical (unpaired) electrons. The van der Waals surface area contributed by atoms with Crippen molar-refractivity contribution in [2.75, 3.05) is 7.05 Å². The fourth-order valence-electron chi connectivity index (χ4n) is 2.59. The average molecular weight is 392 g/mol. The van der Waals surface area contributed by atoms with Crippen LogP contribution in [0.3, 0.4) is 0 Å². The summed E-state index contributed by atoms with van der Waals surface area (Å²) in [5.74, 6) is 5.55. The maximum Gasteiger partial charge on any atom is 0.417 e. The SMILES string of the molecule is CN(N)/C(=C(\N)c1ccccc1F)c1cn(-c2ccc(C(F)(F)F)cn2)cn1. The number of hydrazine groups is 1. The van der Waals surface area contributed by atoms with Gasteiger partial charge >= 0.3 is 6.18 Å². The molecule has 2 heterocycles. The lowest BCUT2D eigenvalue weighted by Crippen LogP contribution is -2.27. The van der Waals surface area contributed by atoms with Gasteiger partial charge in [0.05, 0.1) is 11.3 Å². The number of aromatic nitrogens is 3. The number of imidazole rings is 1. The quantitative estimate of drug-likeness (QED) is 0.405. The van der Waals surface area contributed by atoms with Gasteiger partial charge in [0.25, 0.3) is 0 Å². The van der Waals surface area contributed by atoms with E-state index in [0.717, 1.165) is 12.3 Å². The smallest absolute Gasteiger partial charge is 0.396 e. The normalized spacial score (nSPS) is 12.6. The van der Waals surface area contributed by atoms with Crippen LogP contribution < -0.4 is 11.6 Å². The number of hydrogen-bond acceptors (Lipinski definition) is 5. The second-order valence-electron chi connectivity index (χ2n) is 5.92. The lowest BCUT2D eigenvalue weighted by molar-refractivity contribution is -0.137. The van der Waals surface area contributed by atoms with Crippen molar-refractivity contribution in [1.82, 2.24) is 19.5 Å². The van der Waals surface area contributed by atoms with Crippen LogP contribution in [-0.2, 0) is 6.18 Å². The molecule has 10 heteroatoms. The first-order chi connectivity index (χ1) is 13.2. The maximum atomic E-state index is 14.1. The van der Waals surface area contributed by atoms with E-state index in [9.17, 15) is 17.6 Å². The van der Waals surface area contributed by atoms with E-state index in [1.54, 1.807) is 6.07 Å². The minimum absolute atomic E-state index is 0.0636. The Morgan fingerprint density at radius 2 is 1.82 bits per heavy atom. The summed E-state index contributed by atoms with van der Waals surface area (Å²) >= 11 is 0. The van der Waals surface area contributed by atoms with Gasteiger partial charge in [0.1, 0.15) is 29.4 Å². The zero-order valence-corrected chi connectivity index (χ0v) is 14.7. The van der Waals surface area contributed by atoms with Crippen LogP contribution in [0.25, 0.3) is 17.2 Å². The van der Waals surface area contributed by atoms with Crippen LogP contribution in [-0.4, -0.2) is 26.6 Å². The molecule has 0 amide bonds. The molecule has 0 saturated heterocycles. The standard InChI is InChI=1S/C18H16F4N6/c1-27(24)17(16(23)12-4-2-3-5-13(12)19)14-9-28(10-26-14)15-7-6-11(8-25-15)18(20,21)22/h2-10H,23-24H2,1H3/b17-16-. The third-order valence-electron chi connectivity index (χ3n) is 3.94. The summed E-state index contributed by atoms with van der Waals surface area (Å²) in [7, 11) is 1.51. The molecule has 0 aliphatic carbocycles. The van der Waals surface area contributed by atoms with Crippen molar-refractivity contribution >= 4 is 11.4 Å². The van der Waals surface area contributed by atoms with Crippen molar-refractivity contribution < 1.29 is 17.6 Å². The largest absolute Gasteiger partial charge is 0.417 e. The molecule has 0 unspecified atom stereocenters. The van der Waals surface area contributed by atoms with Gasteiger partial charge in [-0.2, -0.15) is 13.2 Å². The maximum absolute atomic E-state index is 14.1. The van der Waals surface area contributed by atoms with Crippen molar-refractivity contribution in [2.45, 2.75) is 6.18 Å². The highest BCUT2D eigenvalue weighted by Gasteiger charge is 2.30. The Morgan fingerprint density at radius 1 is 1.11 bits per heavy atom. The fraction of sp³-hybridized carbons (Fsp3) is 0.111. The molecule has 2 aromatic heterocycles. The summed E-state index contributed by atoms with van der Waals surface area (Å²) in [6, 6.07) is 8.06. The number of hydrogen-bond donors (Lipinski definition) is 2. The zero-order valence-electron chi connectivity index (χ0n) is 14.7. The number of halogens is 4. The Labute approximate surface area is 157 Å². The van der Waals surface area contributed by atoms with Crippen LogP contribution in [0.1, 0.15) is 16.8 Å². The Kier molecular flexibility index (Phi) is 5.06. The molecule has 0 spiro atoms. The number of benzene rings is 1. The summed E-state index contributed by atoms with van der Waals surface area (Å²) in [6.45, 7) is 0. The van der Waals surface area contributed by atoms with Crippen LogP contribution in [0.15, 0.2) is 55.1 Å². The topological polar surface area (TPSA) is 86.0 Å². The zero-order chi connectivity index (χ0) is 20.5. The molecule has 6 nitrogen and oxygen atoms in total. The Bertz CT molecular complexity index is 1010. The summed E-state index contributed by atoms with van der Waals surface area (Å²) in [6.07, 6.45) is -0.905. The van der Waals surface area contributed by atoms with E-state index < -0.39 is 17.6 Å². The molecule has 0 bridgehead atoms. The molecule has 3 aromatic rings. The van der Waals surface area contributed by atoms with Gasteiger partial charge in [-0.25, -0.2) is 20.2 Å². The predicted molar refractivity (Wildman–Crippen MR) is 95.7 cm³/mol. The van der Waals surface area contributed by atoms with Gasteiger partial charge in [0.2, 0.25) is 0 Å². The van der Waals surface area contributed by atoms with Crippen molar-refractivity contribution in [3.05, 3.63) is 77.8 Å². The highest BCUT2D eigenvalue weighted by molar-refractivity contribution is 5.87. The highest BCUT2D eigenvalue weighted by atomic mass is 19.4. The van der Waals surface area contributed by atoms with Gasteiger partial charge in [-0.15, -0.1) is 0 Å². The van der Waals surface area contributed by atoms with Crippen molar-refractivity contribution in [1.29, 1.82) is 0 Å². The minimum Gasteiger partial charge on any atom is -0.396 e. The predicted octanol–water partition coefficient (Wildman–Crippen LogP) is 3.02. The average Bonchev–Trinajstić information content (AvgIpc) is 3.10. The molecule has 28 heavy (non-hydrogen) atoms. The van der Waals surface area contributed by atoms with Gasteiger partial charge in [-0.1, -0.05) is 12.1 Å². The van der Waals surface area contributed by atoms with E-state index in [1.165, 1.54) is 53.4 Å². The molecule has 0 saturated carbocycles. The molecule has 1 aromatic carbocycles. The van der Waals surface area contributed by atoms with Crippen LogP contribution in [0.2, 0.25) is 0 Å². The monoisotopic (exact) mass is 392 g/mol. The molecular formula is C18H16F4N6. The summed E-state index contributed by atoms with van der Waals surface area (Å²) in [4.78, 5) is 7.98. The summed E-state index contributed by atoms with van der Waals surface area (Å²) in [5, 5.41) is 1.19. The molecule has 0 aliphatic heterocycles. The van der Waals surface area contributed by atoms with E-state index in [2.05, 4.69) is 9.97 Å². The first-order valence-electron chi connectivity index (χ1n) is 7.99. The van der Waals surface area contributed by atoms with Gasteiger partial charge in [0.15, 0.2) is 0 Å². The van der Waals surface area contributed by atoms with Gasteiger partial charge in [-0.3, -0.25) is 4.57 Å². The lowest BCUT2D eigenvalue weighted by Gasteiger charge is -2.18. The third-order valence-corrected chi connectivity index (χ3v) is 3.94. The van der Waals surface area contributed by atoms with Gasteiger partial charge in [0, 0.05) is 25.0 Å². The van der Waals surface area contributed by atoms with Crippen LogP contribution in [0.5, 0.6) is 0 Å². The first kappa shape index (κ1) is 19.4. The molecule has 0 fully saturated rings. The first-order valence-corrected chi connectivity index (χ1v) is 7.99. The number of nitrogens with zero attached hydrogens (tertiary/aromatic N) is 4. The second-order valence-corrected chi connectivity index (χ2v) is 5.92. The van der Waals surface area contributed by atoms with Crippen LogP contribution in [0, 0.1) is 5.82 Å². The van der Waals surface area contributed by atoms with Crippen molar-refractivity contribution in [2.24, 2.45) is 11.6 Å². The summed E-state index contributed by atoms with van der Waals surface area (Å²) in [5.41, 5.74) is 6.02. The van der Waals surface area contributed by atoms with Gasteiger partial charge < -0.3 is 10.7 Å². The van der Waals surface area contributed by atoms with Crippen molar-refractivity contribution in [3.63, 3.8) is 0 Å². The Balaban J connectivity index is 2.01. The third kappa shape index (κ3) is 3.81. The molecule has 0 aliphatic rings. The number of nitrogens with two attached hydrogens (primary N) is 2. The van der Waals surface area contributed by atoms with Crippen LogP contribution >= 0.6 is 0 Å². The second kappa shape index (κ2) is 7.31. The molecule has 3 rings (SSSR count). The molecule has 0 atom stereocenters. The Hall–Kier alpha value is -3.40. The number of pyridine rings is 1. The lowest BCUT2D eigenvalue weighted by atomic mass is 10.1. The van der Waals surface area contributed by atoms with E-state index in [1.807, 2.05) is 0 Å². The molecular weight excluding hydrogens is 376 g/mol. The molecule has 146 valence electrons. The van der Waals surface area contributed by atoms with E-state index in [0.29, 0.717) is 5.69 Å². The van der Waals surface area contributed by atoms with Crippen molar-refractivity contribution in [3.8, 4) is 5.82 Å².